The molecule has 102 valence electrons. The molecule has 0 spiro atoms. The summed E-state index contributed by atoms with van der Waals surface area (Å²) in [5.41, 5.74) is 0. The average Bonchev–Trinajstić information content (AvgIpc) is 2.37. The topological polar surface area (TPSA) is 30.5 Å². The van der Waals surface area contributed by atoms with Crippen molar-refractivity contribution in [2.45, 2.75) is 51.5 Å². The molecular formula is C14H29NO2. The van der Waals surface area contributed by atoms with Crippen molar-refractivity contribution in [1.29, 1.82) is 0 Å². The molecule has 1 rings (SSSR count). The fraction of sp³-hybridized carbons (Fsp3) is 1.00. The molecule has 3 nitrogen and oxygen atoms in total. The van der Waals surface area contributed by atoms with E-state index < -0.39 is 0 Å². The van der Waals surface area contributed by atoms with Crippen LogP contribution < -0.4 is 5.32 Å². The minimum atomic E-state index is 0.351. The Morgan fingerprint density at radius 1 is 1.18 bits per heavy atom. The Bertz CT molecular complexity index is 170. The van der Waals surface area contributed by atoms with E-state index in [0.717, 1.165) is 38.7 Å². The molecule has 0 amide bonds. The summed E-state index contributed by atoms with van der Waals surface area (Å²) in [5, 5.41) is 3.46. The Kier molecular flexibility index (Phi) is 8.67. The maximum absolute atomic E-state index is 5.84. The summed E-state index contributed by atoms with van der Waals surface area (Å²) in [4.78, 5) is 0. The molecule has 1 atom stereocenters. The van der Waals surface area contributed by atoms with E-state index in [2.05, 4.69) is 12.2 Å². The summed E-state index contributed by atoms with van der Waals surface area (Å²) in [6, 6.07) is 0.351. The molecule has 0 aromatic heterocycles. The number of rotatable bonds is 9. The van der Waals surface area contributed by atoms with Gasteiger partial charge < -0.3 is 14.8 Å². The molecule has 0 saturated heterocycles. The largest absolute Gasteiger partial charge is 0.383 e. The molecule has 17 heavy (non-hydrogen) atoms. The van der Waals surface area contributed by atoms with Crippen LogP contribution in [0.2, 0.25) is 0 Å². The van der Waals surface area contributed by atoms with Gasteiger partial charge in [-0.2, -0.15) is 0 Å². The number of methoxy groups -OCH3 is 1. The highest BCUT2D eigenvalue weighted by atomic mass is 16.5. The van der Waals surface area contributed by atoms with Crippen molar-refractivity contribution in [2.75, 3.05) is 33.5 Å². The Balaban J connectivity index is 2.07. The van der Waals surface area contributed by atoms with Crippen LogP contribution in [-0.4, -0.2) is 39.5 Å². The van der Waals surface area contributed by atoms with E-state index in [1.54, 1.807) is 7.11 Å². The van der Waals surface area contributed by atoms with Gasteiger partial charge >= 0.3 is 0 Å². The number of nitrogens with one attached hydrogen (secondary N) is 1. The highest BCUT2D eigenvalue weighted by molar-refractivity contribution is 4.68. The van der Waals surface area contributed by atoms with Gasteiger partial charge in [0.15, 0.2) is 0 Å². The molecule has 1 unspecified atom stereocenters. The van der Waals surface area contributed by atoms with Gasteiger partial charge in [0.05, 0.1) is 19.3 Å². The third-order valence-electron chi connectivity index (χ3n) is 3.45. The molecule has 0 aromatic carbocycles. The Labute approximate surface area is 106 Å². The van der Waals surface area contributed by atoms with Gasteiger partial charge in [-0.15, -0.1) is 0 Å². The van der Waals surface area contributed by atoms with Crippen LogP contribution in [0.25, 0.3) is 0 Å². The average molecular weight is 243 g/mol. The first kappa shape index (κ1) is 14.9. The minimum absolute atomic E-state index is 0.351. The van der Waals surface area contributed by atoms with Crippen LogP contribution in [0.4, 0.5) is 0 Å². The summed E-state index contributed by atoms with van der Waals surface area (Å²) in [6.07, 6.45) is 8.07. The highest BCUT2D eigenvalue weighted by Gasteiger charge is 2.14. The van der Waals surface area contributed by atoms with Crippen LogP contribution >= 0.6 is 0 Å². The first-order valence-corrected chi connectivity index (χ1v) is 7.16. The van der Waals surface area contributed by atoms with Gasteiger partial charge in [-0.05, 0) is 31.7 Å². The summed E-state index contributed by atoms with van der Waals surface area (Å²) in [7, 11) is 1.75. The van der Waals surface area contributed by atoms with Crippen molar-refractivity contribution in [3.63, 3.8) is 0 Å². The van der Waals surface area contributed by atoms with Crippen molar-refractivity contribution in [2.24, 2.45) is 5.92 Å². The van der Waals surface area contributed by atoms with Gasteiger partial charge in [-0.1, -0.05) is 26.2 Å². The van der Waals surface area contributed by atoms with Crippen molar-refractivity contribution in [3.8, 4) is 0 Å². The molecule has 1 N–H and O–H groups in total. The van der Waals surface area contributed by atoms with Gasteiger partial charge in [-0.25, -0.2) is 0 Å². The summed E-state index contributed by atoms with van der Waals surface area (Å²) in [5.74, 6) is 0.804. The van der Waals surface area contributed by atoms with Crippen molar-refractivity contribution < 1.29 is 9.47 Å². The van der Waals surface area contributed by atoms with Crippen LogP contribution in [0.5, 0.6) is 0 Å². The molecule has 0 aliphatic heterocycles. The van der Waals surface area contributed by atoms with Gasteiger partial charge in [0.1, 0.15) is 0 Å². The fourth-order valence-electron chi connectivity index (χ4n) is 2.45. The predicted molar refractivity (Wildman–Crippen MR) is 71.4 cm³/mol. The lowest BCUT2D eigenvalue weighted by atomic mass is 9.90. The second-order valence-corrected chi connectivity index (χ2v) is 5.15. The van der Waals surface area contributed by atoms with E-state index in [9.17, 15) is 0 Å². The molecule has 0 radical (unpaired) electrons. The van der Waals surface area contributed by atoms with Crippen molar-refractivity contribution >= 4 is 0 Å². The van der Waals surface area contributed by atoms with Crippen LogP contribution in [0, 0.1) is 5.92 Å². The first-order chi connectivity index (χ1) is 8.36. The molecule has 0 bridgehead atoms. The van der Waals surface area contributed by atoms with Gasteiger partial charge in [0, 0.05) is 13.7 Å². The van der Waals surface area contributed by atoms with E-state index in [1.165, 1.54) is 32.1 Å². The minimum Gasteiger partial charge on any atom is -0.383 e. The smallest absolute Gasteiger partial charge is 0.0642 e. The second-order valence-electron chi connectivity index (χ2n) is 5.15. The van der Waals surface area contributed by atoms with Gasteiger partial charge in [0.25, 0.3) is 0 Å². The number of hydrogen-bond donors (Lipinski definition) is 1. The monoisotopic (exact) mass is 243 g/mol. The third-order valence-corrected chi connectivity index (χ3v) is 3.45. The zero-order valence-corrected chi connectivity index (χ0v) is 11.5. The van der Waals surface area contributed by atoms with Crippen LogP contribution in [0.15, 0.2) is 0 Å². The maximum Gasteiger partial charge on any atom is 0.0642 e. The van der Waals surface area contributed by atoms with E-state index in [0.29, 0.717) is 6.04 Å². The molecule has 0 heterocycles. The Hall–Kier alpha value is -0.120. The van der Waals surface area contributed by atoms with Crippen LogP contribution in [-0.2, 0) is 9.47 Å². The normalized spacial score (nSPS) is 19.4. The molecule has 1 aliphatic carbocycles. The standard InChI is InChI=1S/C14H29NO2/c1-3-9-15-14(11-16-2)12-17-10-13-7-5-4-6-8-13/h13-15H,3-12H2,1-2H3. The molecule has 1 saturated carbocycles. The Morgan fingerprint density at radius 3 is 2.59 bits per heavy atom. The third kappa shape index (κ3) is 7.02. The summed E-state index contributed by atoms with van der Waals surface area (Å²) < 4.78 is 11.0. The lowest BCUT2D eigenvalue weighted by Crippen LogP contribution is -2.38. The Morgan fingerprint density at radius 2 is 1.94 bits per heavy atom. The van der Waals surface area contributed by atoms with Crippen molar-refractivity contribution in [1.82, 2.24) is 5.32 Å². The van der Waals surface area contributed by atoms with Crippen LogP contribution in [0.3, 0.4) is 0 Å². The number of hydrogen-bond acceptors (Lipinski definition) is 3. The SMILES string of the molecule is CCCNC(COC)COCC1CCCCC1. The molecule has 0 aromatic rings. The zero-order chi connectivity index (χ0) is 12.3. The molecule has 1 fully saturated rings. The maximum atomic E-state index is 5.84. The van der Waals surface area contributed by atoms with E-state index in [1.807, 2.05) is 0 Å². The zero-order valence-electron chi connectivity index (χ0n) is 11.5. The van der Waals surface area contributed by atoms with E-state index in [4.69, 9.17) is 9.47 Å². The lowest BCUT2D eigenvalue weighted by Gasteiger charge is -2.23. The van der Waals surface area contributed by atoms with Crippen LogP contribution in [0.1, 0.15) is 45.4 Å². The van der Waals surface area contributed by atoms with Gasteiger partial charge in [-0.3, -0.25) is 0 Å². The number of ether oxygens (including phenoxy) is 2. The second kappa shape index (κ2) is 9.86. The molecular weight excluding hydrogens is 214 g/mol. The highest BCUT2D eigenvalue weighted by Crippen LogP contribution is 2.23. The fourth-order valence-corrected chi connectivity index (χ4v) is 2.45. The molecule has 1 aliphatic rings. The van der Waals surface area contributed by atoms with Gasteiger partial charge in [0.2, 0.25) is 0 Å². The summed E-state index contributed by atoms with van der Waals surface area (Å²) in [6.45, 7) is 5.68. The summed E-state index contributed by atoms with van der Waals surface area (Å²) >= 11 is 0. The first-order valence-electron chi connectivity index (χ1n) is 7.16. The van der Waals surface area contributed by atoms with E-state index >= 15 is 0 Å². The van der Waals surface area contributed by atoms with Crippen molar-refractivity contribution in [3.05, 3.63) is 0 Å². The lowest BCUT2D eigenvalue weighted by molar-refractivity contribution is 0.0476. The predicted octanol–water partition coefficient (Wildman–Crippen LogP) is 2.60. The quantitative estimate of drug-likeness (QED) is 0.675. The van der Waals surface area contributed by atoms with E-state index in [-0.39, 0.29) is 0 Å². The molecule has 3 heteroatoms.